The number of nitrogens with two attached hydrogens (primary N) is 1. The van der Waals surface area contributed by atoms with Crippen LogP contribution in [0.25, 0.3) is 0 Å². The highest BCUT2D eigenvalue weighted by Gasteiger charge is 2.07. The highest BCUT2D eigenvalue weighted by Crippen LogP contribution is 2.26. The van der Waals surface area contributed by atoms with Gasteiger partial charge in [0.1, 0.15) is 0 Å². The number of nitrogens with zero attached hydrogens (tertiary/aromatic N) is 1. The molecule has 1 aromatic carbocycles. The summed E-state index contributed by atoms with van der Waals surface area (Å²) < 4.78 is 0. The van der Waals surface area contributed by atoms with Gasteiger partial charge >= 0.3 is 0 Å². The number of amides is 1. The largest absolute Gasteiger partial charge is 0.398 e. The van der Waals surface area contributed by atoms with Gasteiger partial charge in [-0.1, -0.05) is 6.07 Å². The fourth-order valence-corrected chi connectivity index (χ4v) is 2.96. The van der Waals surface area contributed by atoms with Gasteiger partial charge in [0, 0.05) is 16.0 Å². The topological polar surface area (TPSA) is 68.0 Å². The van der Waals surface area contributed by atoms with E-state index in [0.29, 0.717) is 16.6 Å². The van der Waals surface area contributed by atoms with Gasteiger partial charge in [0.05, 0.1) is 11.4 Å². The molecule has 0 unspecified atom stereocenters. The number of benzene rings is 1. The third kappa shape index (κ3) is 3.97. The molecule has 0 saturated heterocycles. The van der Waals surface area contributed by atoms with Crippen molar-refractivity contribution in [3.8, 4) is 0 Å². The van der Waals surface area contributed by atoms with Crippen molar-refractivity contribution < 1.29 is 4.79 Å². The maximum Gasteiger partial charge on any atom is 0.236 e. The first-order valence-corrected chi connectivity index (χ1v) is 7.62. The Morgan fingerprint density at radius 1 is 1.47 bits per heavy atom. The van der Waals surface area contributed by atoms with Crippen molar-refractivity contribution in [2.45, 2.75) is 18.7 Å². The lowest BCUT2D eigenvalue weighted by Crippen LogP contribution is -2.13. The minimum absolute atomic E-state index is 0.0701. The van der Waals surface area contributed by atoms with Gasteiger partial charge < -0.3 is 11.1 Å². The third-order valence-corrected chi connectivity index (χ3v) is 4.35. The molecule has 0 bridgehead atoms. The summed E-state index contributed by atoms with van der Waals surface area (Å²) in [5.41, 5.74) is 8.64. The van der Waals surface area contributed by atoms with Crippen LogP contribution < -0.4 is 11.1 Å². The van der Waals surface area contributed by atoms with Crippen LogP contribution in [-0.2, 0) is 4.79 Å². The van der Waals surface area contributed by atoms with E-state index in [4.69, 9.17) is 5.73 Å². The van der Waals surface area contributed by atoms with Crippen LogP contribution in [-0.4, -0.2) is 16.6 Å². The molecule has 2 aromatic rings. The Hall–Kier alpha value is -1.53. The van der Waals surface area contributed by atoms with Gasteiger partial charge in [0.2, 0.25) is 5.91 Å². The van der Waals surface area contributed by atoms with Gasteiger partial charge in [-0.25, -0.2) is 4.98 Å². The van der Waals surface area contributed by atoms with E-state index in [9.17, 15) is 4.79 Å². The second kappa shape index (κ2) is 6.08. The van der Waals surface area contributed by atoms with E-state index in [1.807, 2.05) is 37.4 Å². The number of aromatic nitrogens is 1. The van der Waals surface area contributed by atoms with Crippen molar-refractivity contribution in [2.75, 3.05) is 16.8 Å². The molecule has 0 aliphatic rings. The van der Waals surface area contributed by atoms with Gasteiger partial charge in [-0.05, 0) is 31.5 Å². The van der Waals surface area contributed by atoms with Gasteiger partial charge in [-0.15, -0.1) is 23.1 Å². The van der Waals surface area contributed by atoms with Crippen LogP contribution in [0.4, 0.5) is 10.8 Å². The van der Waals surface area contributed by atoms with Crippen molar-refractivity contribution in [3.05, 3.63) is 34.8 Å². The number of hydrogen-bond acceptors (Lipinski definition) is 5. The number of aryl methyl sites for hydroxylation is 2. The lowest BCUT2D eigenvalue weighted by atomic mass is 10.2. The SMILES string of the molecule is Cc1ccc(SCC(=O)Nc2nc(C)cs2)c(N)c1. The molecule has 6 heteroatoms. The average molecular weight is 293 g/mol. The molecule has 0 aliphatic heterocycles. The molecule has 0 spiro atoms. The molecule has 3 N–H and O–H groups in total. The van der Waals surface area contributed by atoms with Crippen molar-refractivity contribution in [2.24, 2.45) is 0 Å². The van der Waals surface area contributed by atoms with Gasteiger partial charge in [0.25, 0.3) is 0 Å². The number of thioether (sulfide) groups is 1. The first-order chi connectivity index (χ1) is 9.04. The zero-order chi connectivity index (χ0) is 13.8. The van der Waals surface area contributed by atoms with E-state index < -0.39 is 0 Å². The second-order valence-electron chi connectivity index (χ2n) is 4.17. The number of nitrogen functional groups attached to an aromatic ring is 1. The number of anilines is 2. The number of nitrogens with one attached hydrogen (secondary N) is 1. The summed E-state index contributed by atoms with van der Waals surface area (Å²) in [6.07, 6.45) is 0. The van der Waals surface area contributed by atoms with Crippen LogP contribution >= 0.6 is 23.1 Å². The Balaban J connectivity index is 1.89. The lowest BCUT2D eigenvalue weighted by Gasteiger charge is -2.06. The molecule has 1 amide bonds. The average Bonchev–Trinajstić information content (AvgIpc) is 2.73. The molecule has 0 saturated carbocycles. The zero-order valence-corrected chi connectivity index (χ0v) is 12.4. The predicted molar refractivity (Wildman–Crippen MR) is 81.8 cm³/mol. The minimum atomic E-state index is -0.0701. The van der Waals surface area contributed by atoms with Crippen molar-refractivity contribution >= 4 is 39.8 Å². The Morgan fingerprint density at radius 2 is 2.26 bits per heavy atom. The van der Waals surface area contributed by atoms with E-state index >= 15 is 0 Å². The monoisotopic (exact) mass is 293 g/mol. The highest BCUT2D eigenvalue weighted by atomic mass is 32.2. The molecular formula is C13H15N3OS2. The first-order valence-electron chi connectivity index (χ1n) is 5.75. The summed E-state index contributed by atoms with van der Waals surface area (Å²) in [5, 5.41) is 5.31. The van der Waals surface area contributed by atoms with Crippen molar-refractivity contribution in [1.29, 1.82) is 0 Å². The Bertz CT molecular complexity index is 595. The molecule has 1 heterocycles. The first kappa shape index (κ1) is 13.9. The van der Waals surface area contributed by atoms with Gasteiger partial charge in [-0.3, -0.25) is 4.79 Å². The van der Waals surface area contributed by atoms with Crippen LogP contribution in [0, 0.1) is 13.8 Å². The summed E-state index contributed by atoms with van der Waals surface area (Å²) in [7, 11) is 0. The molecule has 0 atom stereocenters. The molecule has 0 fully saturated rings. The van der Waals surface area contributed by atoms with E-state index in [-0.39, 0.29) is 5.91 Å². The fourth-order valence-electron chi connectivity index (χ4n) is 1.51. The van der Waals surface area contributed by atoms with Crippen molar-refractivity contribution in [1.82, 2.24) is 4.98 Å². The summed E-state index contributed by atoms with van der Waals surface area (Å²) >= 11 is 2.86. The lowest BCUT2D eigenvalue weighted by molar-refractivity contribution is -0.113. The quantitative estimate of drug-likeness (QED) is 0.671. The van der Waals surface area contributed by atoms with Crippen LogP contribution in [0.15, 0.2) is 28.5 Å². The van der Waals surface area contributed by atoms with Crippen LogP contribution in [0.1, 0.15) is 11.3 Å². The maximum absolute atomic E-state index is 11.8. The predicted octanol–water partition coefficient (Wildman–Crippen LogP) is 3.07. The molecule has 100 valence electrons. The number of carbonyl (C=O) groups is 1. The van der Waals surface area contributed by atoms with Gasteiger partial charge in [-0.2, -0.15) is 0 Å². The summed E-state index contributed by atoms with van der Waals surface area (Å²) in [6.45, 7) is 3.89. The van der Waals surface area contributed by atoms with Crippen LogP contribution in [0.2, 0.25) is 0 Å². The third-order valence-electron chi connectivity index (χ3n) is 2.39. The Kier molecular flexibility index (Phi) is 4.44. The molecule has 19 heavy (non-hydrogen) atoms. The minimum Gasteiger partial charge on any atom is -0.398 e. The second-order valence-corrected chi connectivity index (χ2v) is 6.05. The number of hydrogen-bond donors (Lipinski definition) is 2. The molecular weight excluding hydrogens is 278 g/mol. The Labute approximate surface area is 120 Å². The zero-order valence-electron chi connectivity index (χ0n) is 10.8. The van der Waals surface area contributed by atoms with E-state index in [0.717, 1.165) is 16.2 Å². The molecule has 1 aromatic heterocycles. The molecule has 4 nitrogen and oxygen atoms in total. The normalized spacial score (nSPS) is 10.4. The van der Waals surface area contributed by atoms with Crippen LogP contribution in [0.5, 0.6) is 0 Å². The standard InChI is InChI=1S/C13H15N3OS2/c1-8-3-4-11(10(14)5-8)18-7-12(17)16-13-15-9(2)6-19-13/h3-6H,7,14H2,1-2H3,(H,15,16,17). The fraction of sp³-hybridized carbons (Fsp3) is 0.231. The molecule has 0 aliphatic carbocycles. The highest BCUT2D eigenvalue weighted by molar-refractivity contribution is 8.00. The molecule has 2 rings (SSSR count). The van der Waals surface area contributed by atoms with Crippen LogP contribution in [0.3, 0.4) is 0 Å². The molecule has 0 radical (unpaired) electrons. The maximum atomic E-state index is 11.8. The number of rotatable bonds is 4. The van der Waals surface area contributed by atoms with Crippen molar-refractivity contribution in [3.63, 3.8) is 0 Å². The van der Waals surface area contributed by atoms with E-state index in [2.05, 4.69) is 10.3 Å². The Morgan fingerprint density at radius 3 is 2.89 bits per heavy atom. The number of thiazole rings is 1. The van der Waals surface area contributed by atoms with Gasteiger partial charge in [0.15, 0.2) is 5.13 Å². The number of carbonyl (C=O) groups excluding carboxylic acids is 1. The summed E-state index contributed by atoms with van der Waals surface area (Å²) in [5.74, 6) is 0.255. The van der Waals surface area contributed by atoms with E-state index in [1.54, 1.807) is 0 Å². The summed E-state index contributed by atoms with van der Waals surface area (Å²) in [6, 6.07) is 5.83. The smallest absolute Gasteiger partial charge is 0.236 e. The summed E-state index contributed by atoms with van der Waals surface area (Å²) in [4.78, 5) is 16.9. The van der Waals surface area contributed by atoms with E-state index in [1.165, 1.54) is 23.1 Å².